The molecule has 0 aliphatic heterocycles. The normalized spacial score (nSPS) is 11.2. The van der Waals surface area contributed by atoms with Crippen LogP contribution < -0.4 is 11.1 Å². The summed E-state index contributed by atoms with van der Waals surface area (Å²) in [6, 6.07) is 6.03. The van der Waals surface area contributed by atoms with E-state index in [1.54, 1.807) is 0 Å². The van der Waals surface area contributed by atoms with Crippen molar-refractivity contribution in [1.29, 1.82) is 0 Å². The molecule has 0 aliphatic carbocycles. The SMILES string of the molecule is Cc1cc2c(NCCCOCC(C)C)ccc(N)c2cn1. The minimum Gasteiger partial charge on any atom is -0.398 e. The summed E-state index contributed by atoms with van der Waals surface area (Å²) in [6.07, 6.45) is 2.83. The molecule has 0 amide bonds. The number of nitrogens with one attached hydrogen (secondary N) is 1. The monoisotopic (exact) mass is 287 g/mol. The van der Waals surface area contributed by atoms with Crippen LogP contribution in [0.4, 0.5) is 11.4 Å². The van der Waals surface area contributed by atoms with Crippen molar-refractivity contribution in [3.63, 3.8) is 0 Å². The van der Waals surface area contributed by atoms with Crippen LogP contribution in [-0.4, -0.2) is 24.7 Å². The predicted molar refractivity (Wildman–Crippen MR) is 89.7 cm³/mol. The first-order valence-electron chi connectivity index (χ1n) is 7.54. The third kappa shape index (κ3) is 4.33. The summed E-state index contributed by atoms with van der Waals surface area (Å²) in [7, 11) is 0. The van der Waals surface area contributed by atoms with Gasteiger partial charge in [0, 0.05) is 53.8 Å². The van der Waals surface area contributed by atoms with Gasteiger partial charge in [-0.1, -0.05) is 13.8 Å². The average Bonchev–Trinajstić information content (AvgIpc) is 2.44. The van der Waals surface area contributed by atoms with E-state index >= 15 is 0 Å². The van der Waals surface area contributed by atoms with Gasteiger partial charge in [-0.3, -0.25) is 4.98 Å². The lowest BCUT2D eigenvalue weighted by atomic mass is 10.1. The molecule has 0 fully saturated rings. The van der Waals surface area contributed by atoms with Crippen molar-refractivity contribution in [3.05, 3.63) is 30.1 Å². The highest BCUT2D eigenvalue weighted by Gasteiger charge is 2.05. The molecule has 1 aromatic heterocycles. The van der Waals surface area contributed by atoms with Gasteiger partial charge in [-0.25, -0.2) is 0 Å². The summed E-state index contributed by atoms with van der Waals surface area (Å²) >= 11 is 0. The molecule has 1 aromatic carbocycles. The van der Waals surface area contributed by atoms with Crippen LogP contribution in [0.15, 0.2) is 24.4 Å². The molecule has 1 heterocycles. The first-order valence-corrected chi connectivity index (χ1v) is 7.54. The number of aryl methyl sites for hydroxylation is 1. The van der Waals surface area contributed by atoms with Crippen LogP contribution in [0.5, 0.6) is 0 Å². The Morgan fingerprint density at radius 3 is 2.86 bits per heavy atom. The predicted octanol–water partition coefficient (Wildman–Crippen LogP) is 3.60. The van der Waals surface area contributed by atoms with Gasteiger partial charge < -0.3 is 15.8 Å². The summed E-state index contributed by atoms with van der Waals surface area (Å²) in [5.41, 5.74) is 8.88. The lowest BCUT2D eigenvalue weighted by Crippen LogP contribution is -2.09. The number of nitrogens with zero attached hydrogens (tertiary/aromatic N) is 1. The molecule has 0 aliphatic rings. The van der Waals surface area contributed by atoms with E-state index in [9.17, 15) is 0 Å². The van der Waals surface area contributed by atoms with E-state index in [0.29, 0.717) is 5.92 Å². The number of hydrogen-bond donors (Lipinski definition) is 2. The highest BCUT2D eigenvalue weighted by molar-refractivity contribution is 6.00. The Balaban J connectivity index is 1.96. The standard InChI is InChI=1S/C17H25N3O/c1-12(2)11-21-8-4-7-19-17-6-5-16(18)15-10-20-13(3)9-14(15)17/h5-6,9-10,12,19H,4,7-8,11,18H2,1-3H3. The fraction of sp³-hybridized carbons (Fsp3) is 0.471. The molecular weight excluding hydrogens is 262 g/mol. The largest absolute Gasteiger partial charge is 0.398 e. The van der Waals surface area contributed by atoms with E-state index in [4.69, 9.17) is 10.5 Å². The molecule has 0 radical (unpaired) electrons. The molecule has 2 rings (SSSR count). The van der Waals surface area contributed by atoms with E-state index in [1.807, 2.05) is 25.3 Å². The van der Waals surface area contributed by atoms with Gasteiger partial charge in [0.15, 0.2) is 0 Å². The Morgan fingerprint density at radius 1 is 1.29 bits per heavy atom. The molecule has 4 heteroatoms. The maximum Gasteiger partial charge on any atom is 0.0489 e. The first-order chi connectivity index (χ1) is 10.1. The Morgan fingerprint density at radius 2 is 2.10 bits per heavy atom. The Labute approximate surface area is 126 Å². The molecule has 0 unspecified atom stereocenters. The second kappa shape index (κ2) is 7.27. The second-order valence-electron chi connectivity index (χ2n) is 5.82. The van der Waals surface area contributed by atoms with E-state index in [1.165, 1.54) is 0 Å². The topological polar surface area (TPSA) is 60.2 Å². The van der Waals surface area contributed by atoms with Crippen LogP contribution in [0, 0.1) is 12.8 Å². The smallest absolute Gasteiger partial charge is 0.0489 e. The van der Waals surface area contributed by atoms with Crippen molar-refractivity contribution in [2.75, 3.05) is 30.8 Å². The van der Waals surface area contributed by atoms with Gasteiger partial charge in [0.2, 0.25) is 0 Å². The third-order valence-electron chi connectivity index (χ3n) is 3.30. The number of ether oxygens (including phenoxy) is 1. The highest BCUT2D eigenvalue weighted by Crippen LogP contribution is 2.28. The third-order valence-corrected chi connectivity index (χ3v) is 3.30. The Hall–Kier alpha value is -1.81. The molecule has 0 bridgehead atoms. The quantitative estimate of drug-likeness (QED) is 0.603. The van der Waals surface area contributed by atoms with E-state index in [-0.39, 0.29) is 0 Å². The summed E-state index contributed by atoms with van der Waals surface area (Å²) in [4.78, 5) is 4.32. The van der Waals surface area contributed by atoms with Crippen LogP contribution in [0.25, 0.3) is 10.8 Å². The molecule has 4 nitrogen and oxygen atoms in total. The van der Waals surface area contributed by atoms with Crippen LogP contribution in [0.2, 0.25) is 0 Å². The summed E-state index contributed by atoms with van der Waals surface area (Å²) in [6.45, 7) is 8.82. The molecule has 0 atom stereocenters. The lowest BCUT2D eigenvalue weighted by Gasteiger charge is -2.12. The highest BCUT2D eigenvalue weighted by atomic mass is 16.5. The van der Waals surface area contributed by atoms with Gasteiger partial charge in [-0.05, 0) is 37.5 Å². The van der Waals surface area contributed by atoms with Crippen molar-refractivity contribution in [2.24, 2.45) is 5.92 Å². The van der Waals surface area contributed by atoms with Crippen LogP contribution in [0.3, 0.4) is 0 Å². The number of anilines is 2. The van der Waals surface area contributed by atoms with Crippen molar-refractivity contribution < 1.29 is 4.74 Å². The van der Waals surface area contributed by atoms with Gasteiger partial charge in [-0.15, -0.1) is 0 Å². The molecule has 0 spiro atoms. The summed E-state index contributed by atoms with van der Waals surface area (Å²) in [5, 5.41) is 5.60. The molecule has 114 valence electrons. The number of hydrogen-bond acceptors (Lipinski definition) is 4. The van der Waals surface area contributed by atoms with Crippen LogP contribution in [0.1, 0.15) is 26.0 Å². The average molecular weight is 287 g/mol. The van der Waals surface area contributed by atoms with Crippen molar-refractivity contribution in [2.45, 2.75) is 27.2 Å². The van der Waals surface area contributed by atoms with Crippen LogP contribution in [-0.2, 0) is 4.74 Å². The molecule has 2 aromatic rings. The van der Waals surface area contributed by atoms with Crippen molar-refractivity contribution in [3.8, 4) is 0 Å². The van der Waals surface area contributed by atoms with Crippen LogP contribution >= 0.6 is 0 Å². The Kier molecular flexibility index (Phi) is 5.39. The van der Waals surface area contributed by atoms with Crippen molar-refractivity contribution in [1.82, 2.24) is 4.98 Å². The number of pyridine rings is 1. The number of fused-ring (bicyclic) bond motifs is 1. The maximum atomic E-state index is 6.01. The van der Waals surface area contributed by atoms with E-state index in [0.717, 1.165) is 54.0 Å². The zero-order valence-corrected chi connectivity index (χ0v) is 13.1. The summed E-state index contributed by atoms with van der Waals surface area (Å²) in [5.74, 6) is 0.592. The molecular formula is C17H25N3O. The molecule has 0 saturated carbocycles. The fourth-order valence-electron chi connectivity index (χ4n) is 2.24. The molecule has 21 heavy (non-hydrogen) atoms. The number of benzene rings is 1. The minimum atomic E-state index is 0.592. The number of nitrogen functional groups attached to an aromatic ring is 1. The van der Waals surface area contributed by atoms with Crippen molar-refractivity contribution >= 4 is 22.1 Å². The zero-order chi connectivity index (χ0) is 15.2. The van der Waals surface area contributed by atoms with E-state index in [2.05, 4.69) is 30.2 Å². The number of rotatable bonds is 7. The second-order valence-corrected chi connectivity index (χ2v) is 5.82. The van der Waals surface area contributed by atoms with Gasteiger partial charge in [-0.2, -0.15) is 0 Å². The minimum absolute atomic E-state index is 0.592. The fourth-order valence-corrected chi connectivity index (χ4v) is 2.24. The lowest BCUT2D eigenvalue weighted by molar-refractivity contribution is 0.110. The first kappa shape index (κ1) is 15.6. The summed E-state index contributed by atoms with van der Waals surface area (Å²) < 4.78 is 5.59. The number of aromatic nitrogens is 1. The maximum absolute atomic E-state index is 6.01. The zero-order valence-electron chi connectivity index (χ0n) is 13.1. The van der Waals surface area contributed by atoms with E-state index < -0.39 is 0 Å². The molecule has 0 saturated heterocycles. The van der Waals surface area contributed by atoms with Gasteiger partial charge >= 0.3 is 0 Å². The Bertz CT molecular complexity index is 596. The number of nitrogens with two attached hydrogens (primary N) is 1. The van der Waals surface area contributed by atoms with Gasteiger partial charge in [0.25, 0.3) is 0 Å². The van der Waals surface area contributed by atoms with Gasteiger partial charge in [0.05, 0.1) is 0 Å². The van der Waals surface area contributed by atoms with Gasteiger partial charge in [0.1, 0.15) is 0 Å². The molecule has 3 N–H and O–H groups in total.